The monoisotopic (exact) mass is 1540 g/mol. The number of aliphatic hydroxyl groups excluding tert-OH is 1. The molecule has 0 aliphatic heterocycles. The lowest BCUT2D eigenvalue weighted by Gasteiger charge is -2.21. The van der Waals surface area contributed by atoms with Crippen LogP contribution >= 0.6 is 15.6 Å². The Morgan fingerprint density at radius 1 is 0.276 bits per heavy atom. The van der Waals surface area contributed by atoms with Crippen molar-refractivity contribution in [3.05, 3.63) is 0 Å². The number of aliphatic hydroxyl groups is 1. The molecule has 0 spiro atoms. The molecule has 6 atom stereocenters. The van der Waals surface area contributed by atoms with Crippen LogP contribution in [0.3, 0.4) is 0 Å². The van der Waals surface area contributed by atoms with E-state index in [1.54, 1.807) is 0 Å². The molecule has 0 fully saturated rings. The molecule has 0 saturated carbocycles. The van der Waals surface area contributed by atoms with Crippen molar-refractivity contribution < 1.29 is 80.2 Å². The standard InChI is InChI=1S/C86H168O17P2/c1-8-10-11-12-13-14-15-24-31-39-46-53-60-67-83(88)96-74-82(103-86(91)70-63-56-49-42-35-34-37-44-51-58-65-78(5)6)76-101-105(94,95)99-72-80(87)71-98-104(92,93)100-75-81(73-97-84(89)68-61-54-47-40-32-27-23-22-26-30-38-45-52-59-66-79(7)9-2)102-85(90)69-62-55-48-41-33-28-21-19-17-16-18-20-25-29-36-43-50-57-64-77(3)4/h77-82,87H,8-76H2,1-7H3,(H,92,93)(H,94,95)/t79?,80-,81-,82-/m1/s1. The molecule has 0 aromatic rings. The van der Waals surface area contributed by atoms with Gasteiger partial charge in [0.25, 0.3) is 0 Å². The van der Waals surface area contributed by atoms with Crippen molar-refractivity contribution in [1.82, 2.24) is 0 Å². The summed E-state index contributed by atoms with van der Waals surface area (Å²) in [5.74, 6) is 0.319. The lowest BCUT2D eigenvalue weighted by molar-refractivity contribution is -0.161. The van der Waals surface area contributed by atoms with Gasteiger partial charge in [0.05, 0.1) is 26.4 Å². The van der Waals surface area contributed by atoms with Crippen molar-refractivity contribution in [2.24, 2.45) is 17.8 Å². The first-order chi connectivity index (χ1) is 50.8. The highest BCUT2D eigenvalue weighted by atomic mass is 31.2. The predicted molar refractivity (Wildman–Crippen MR) is 432 cm³/mol. The Balaban J connectivity index is 5.25. The number of unbranched alkanes of at least 4 members (excludes halogenated alkanes) is 51. The summed E-state index contributed by atoms with van der Waals surface area (Å²) in [5, 5.41) is 10.7. The molecule has 0 aliphatic carbocycles. The molecule has 0 aliphatic rings. The van der Waals surface area contributed by atoms with E-state index in [0.717, 1.165) is 108 Å². The van der Waals surface area contributed by atoms with Crippen LogP contribution in [0.25, 0.3) is 0 Å². The topological polar surface area (TPSA) is 237 Å². The highest BCUT2D eigenvalue weighted by molar-refractivity contribution is 7.47. The van der Waals surface area contributed by atoms with Gasteiger partial charge in [-0.1, -0.05) is 402 Å². The van der Waals surface area contributed by atoms with E-state index in [0.29, 0.717) is 25.7 Å². The SMILES string of the molecule is CCCCCCCCCCCCCCCC(=O)OC[C@H](COP(=O)(O)OC[C@H](O)COP(=O)(O)OC[C@@H](COC(=O)CCCCCCCCCCCCCCCCC(C)CC)OC(=O)CCCCCCCCCCCCCCCCCCCCC(C)C)OC(=O)CCCCCCCCCCCCC(C)C. The zero-order valence-electron chi connectivity index (χ0n) is 69.2. The molecule has 19 heteroatoms. The largest absolute Gasteiger partial charge is 0.472 e. The molecule has 0 bridgehead atoms. The minimum Gasteiger partial charge on any atom is -0.462 e. The Labute approximate surface area is 645 Å². The molecule has 0 radical (unpaired) electrons. The van der Waals surface area contributed by atoms with Crippen molar-refractivity contribution in [1.29, 1.82) is 0 Å². The van der Waals surface area contributed by atoms with Crippen LogP contribution in [-0.2, 0) is 65.4 Å². The first kappa shape index (κ1) is 103. The minimum atomic E-state index is -4.97. The van der Waals surface area contributed by atoms with Crippen molar-refractivity contribution in [2.45, 2.75) is 471 Å². The molecule has 0 heterocycles. The zero-order valence-corrected chi connectivity index (χ0v) is 71.0. The molecule has 0 rings (SSSR count). The second-order valence-corrected chi connectivity index (χ2v) is 35.0. The third-order valence-corrected chi connectivity index (χ3v) is 22.4. The fraction of sp³-hybridized carbons (Fsp3) is 0.953. The van der Waals surface area contributed by atoms with Gasteiger partial charge in [0.1, 0.15) is 19.3 Å². The number of hydrogen-bond acceptors (Lipinski definition) is 15. The van der Waals surface area contributed by atoms with Gasteiger partial charge in [0.2, 0.25) is 0 Å². The van der Waals surface area contributed by atoms with E-state index in [9.17, 15) is 43.2 Å². The van der Waals surface area contributed by atoms with Crippen molar-refractivity contribution in [3.8, 4) is 0 Å². The minimum absolute atomic E-state index is 0.106. The second kappa shape index (κ2) is 76.1. The molecule has 624 valence electrons. The zero-order chi connectivity index (χ0) is 77.2. The molecular formula is C86H168O17P2. The number of ether oxygens (including phenoxy) is 4. The Bertz CT molecular complexity index is 2030. The summed E-state index contributed by atoms with van der Waals surface area (Å²) in [4.78, 5) is 73.2. The van der Waals surface area contributed by atoms with Gasteiger partial charge in [0, 0.05) is 25.7 Å². The lowest BCUT2D eigenvalue weighted by Crippen LogP contribution is -2.30. The lowest BCUT2D eigenvalue weighted by atomic mass is 9.99. The van der Waals surface area contributed by atoms with Gasteiger partial charge in [0.15, 0.2) is 12.2 Å². The molecule has 0 aromatic carbocycles. The summed E-state index contributed by atoms with van der Waals surface area (Å²) in [7, 11) is -9.93. The van der Waals surface area contributed by atoms with E-state index in [-0.39, 0.29) is 25.7 Å². The molecule has 0 amide bonds. The first-order valence-electron chi connectivity index (χ1n) is 44.4. The van der Waals surface area contributed by atoms with Gasteiger partial charge < -0.3 is 33.8 Å². The first-order valence-corrected chi connectivity index (χ1v) is 47.4. The molecule has 0 saturated heterocycles. The highest BCUT2D eigenvalue weighted by Crippen LogP contribution is 2.45. The van der Waals surface area contributed by atoms with Crippen molar-refractivity contribution >= 4 is 39.5 Å². The Morgan fingerprint density at radius 3 is 0.724 bits per heavy atom. The average Bonchev–Trinajstić information content (AvgIpc) is 0.914. The van der Waals surface area contributed by atoms with Crippen LogP contribution in [0.5, 0.6) is 0 Å². The summed E-state index contributed by atoms with van der Waals surface area (Å²) in [6.07, 6.45) is 66.5. The fourth-order valence-electron chi connectivity index (χ4n) is 13.3. The van der Waals surface area contributed by atoms with Crippen molar-refractivity contribution in [3.63, 3.8) is 0 Å². The van der Waals surface area contributed by atoms with E-state index in [1.807, 2.05) is 0 Å². The number of carbonyl (C=O) groups is 4. The summed E-state index contributed by atoms with van der Waals surface area (Å²) < 4.78 is 68.9. The van der Waals surface area contributed by atoms with E-state index in [2.05, 4.69) is 48.5 Å². The van der Waals surface area contributed by atoms with Crippen LogP contribution < -0.4 is 0 Å². The second-order valence-electron chi connectivity index (χ2n) is 32.1. The third-order valence-electron chi connectivity index (χ3n) is 20.5. The smallest absolute Gasteiger partial charge is 0.462 e. The number of hydrogen-bond donors (Lipinski definition) is 3. The molecule has 105 heavy (non-hydrogen) atoms. The van der Waals surface area contributed by atoms with Crippen LogP contribution in [0.1, 0.15) is 453 Å². The maximum absolute atomic E-state index is 13.2. The van der Waals surface area contributed by atoms with Gasteiger partial charge in [-0.25, -0.2) is 9.13 Å². The number of phosphoric ester groups is 2. The Hall–Kier alpha value is -1.94. The summed E-state index contributed by atoms with van der Waals surface area (Å²) >= 11 is 0. The quantitative estimate of drug-likeness (QED) is 0.0222. The Kier molecular flexibility index (Phi) is 74.7. The van der Waals surface area contributed by atoms with Gasteiger partial charge >= 0.3 is 39.5 Å². The number of esters is 4. The van der Waals surface area contributed by atoms with Gasteiger partial charge in [-0.15, -0.1) is 0 Å². The fourth-order valence-corrected chi connectivity index (χ4v) is 14.9. The van der Waals surface area contributed by atoms with Crippen LogP contribution in [0.4, 0.5) is 0 Å². The maximum Gasteiger partial charge on any atom is 0.472 e. The van der Waals surface area contributed by atoms with Crippen LogP contribution in [-0.4, -0.2) is 96.7 Å². The number of phosphoric acid groups is 2. The summed E-state index contributed by atoms with van der Waals surface area (Å²) in [6, 6.07) is 0. The summed E-state index contributed by atoms with van der Waals surface area (Å²) in [6.45, 7) is 12.1. The van der Waals surface area contributed by atoms with Gasteiger partial charge in [-0.3, -0.25) is 37.3 Å². The number of rotatable bonds is 84. The highest BCUT2D eigenvalue weighted by Gasteiger charge is 2.30. The molecule has 17 nitrogen and oxygen atoms in total. The molecule has 3 N–H and O–H groups in total. The normalized spacial score (nSPS) is 14.1. The van der Waals surface area contributed by atoms with Crippen LogP contribution in [0, 0.1) is 17.8 Å². The van der Waals surface area contributed by atoms with E-state index in [1.165, 1.54) is 263 Å². The van der Waals surface area contributed by atoms with E-state index >= 15 is 0 Å². The summed E-state index contributed by atoms with van der Waals surface area (Å²) in [5.41, 5.74) is 0. The number of carbonyl (C=O) groups excluding carboxylic acids is 4. The van der Waals surface area contributed by atoms with Gasteiger partial charge in [-0.05, 0) is 43.4 Å². The molecule has 0 aromatic heterocycles. The predicted octanol–water partition coefficient (Wildman–Crippen LogP) is 26.1. The Morgan fingerprint density at radius 2 is 0.486 bits per heavy atom. The van der Waals surface area contributed by atoms with Gasteiger partial charge in [-0.2, -0.15) is 0 Å². The molecular weight excluding hydrogens is 1370 g/mol. The van der Waals surface area contributed by atoms with Crippen molar-refractivity contribution in [2.75, 3.05) is 39.6 Å². The molecule has 3 unspecified atom stereocenters. The van der Waals surface area contributed by atoms with E-state index in [4.69, 9.17) is 37.0 Å². The van der Waals surface area contributed by atoms with Crippen LogP contribution in [0.15, 0.2) is 0 Å². The maximum atomic E-state index is 13.2. The van der Waals surface area contributed by atoms with Crippen LogP contribution in [0.2, 0.25) is 0 Å². The third kappa shape index (κ3) is 78.5. The average molecular weight is 1540 g/mol. The van der Waals surface area contributed by atoms with E-state index < -0.39 is 97.5 Å².